The summed E-state index contributed by atoms with van der Waals surface area (Å²) in [7, 11) is 0. The first-order chi connectivity index (χ1) is 16.4. The molecule has 2 unspecified atom stereocenters. The van der Waals surface area contributed by atoms with Crippen LogP contribution in [-0.4, -0.2) is 38.1 Å². The van der Waals surface area contributed by atoms with E-state index in [0.717, 1.165) is 24.3 Å². The zero-order valence-electron chi connectivity index (χ0n) is 17.7. The van der Waals surface area contributed by atoms with Crippen molar-refractivity contribution in [2.75, 3.05) is 12.3 Å². The molecule has 35 heavy (non-hydrogen) atoms. The van der Waals surface area contributed by atoms with Crippen LogP contribution in [0.5, 0.6) is 0 Å². The van der Waals surface area contributed by atoms with E-state index in [1.165, 1.54) is 22.8 Å². The van der Waals surface area contributed by atoms with Crippen molar-refractivity contribution in [1.82, 2.24) is 19.9 Å². The van der Waals surface area contributed by atoms with E-state index < -0.39 is 47.9 Å². The van der Waals surface area contributed by atoms with Crippen LogP contribution in [0.2, 0.25) is 5.02 Å². The number of carbonyl (C=O) groups excluding carboxylic acids is 1. The Hall–Kier alpha value is -3.15. The molecule has 1 aliphatic rings. The third-order valence-electron chi connectivity index (χ3n) is 5.47. The molecule has 184 valence electrons. The molecular weight excluding hydrogens is 513 g/mol. The lowest BCUT2D eigenvalue weighted by Crippen LogP contribution is -2.42. The van der Waals surface area contributed by atoms with Crippen LogP contribution in [0.3, 0.4) is 0 Å². The third kappa shape index (κ3) is 4.97. The van der Waals surface area contributed by atoms with Crippen LogP contribution in [0.25, 0.3) is 5.65 Å². The minimum absolute atomic E-state index is 0.0123. The SMILES string of the molecule is Nc1nc2cc(C3(F)C=CC(Cl)=C(C(=O)NCC(F)(F)C(O)c4ccc(Cl)c(F)c4)C3)ccn2n1. The molecule has 4 N–H and O–H groups in total. The predicted octanol–water partition coefficient (Wildman–Crippen LogP) is 4.21. The molecule has 0 radical (unpaired) electrons. The third-order valence-corrected chi connectivity index (χ3v) is 6.13. The first-order valence-corrected chi connectivity index (χ1v) is 10.8. The summed E-state index contributed by atoms with van der Waals surface area (Å²) in [5.74, 6) is -5.94. The Kier molecular flexibility index (Phi) is 6.52. The number of hydrogen-bond donors (Lipinski definition) is 3. The van der Waals surface area contributed by atoms with Gasteiger partial charge in [0.15, 0.2) is 11.3 Å². The lowest BCUT2D eigenvalue weighted by Gasteiger charge is -2.28. The van der Waals surface area contributed by atoms with Crippen molar-refractivity contribution in [3.8, 4) is 0 Å². The molecule has 2 heterocycles. The van der Waals surface area contributed by atoms with E-state index in [-0.39, 0.29) is 32.8 Å². The van der Waals surface area contributed by atoms with Gasteiger partial charge in [-0.25, -0.2) is 22.1 Å². The Morgan fingerprint density at radius 3 is 2.77 bits per heavy atom. The molecule has 3 aromatic rings. The van der Waals surface area contributed by atoms with Crippen LogP contribution in [0.4, 0.5) is 23.5 Å². The Balaban J connectivity index is 1.49. The average Bonchev–Trinajstić information content (AvgIpc) is 3.19. The quantitative estimate of drug-likeness (QED) is 0.415. The number of alkyl halides is 3. The Morgan fingerprint density at radius 2 is 2.06 bits per heavy atom. The summed E-state index contributed by atoms with van der Waals surface area (Å²) < 4.78 is 59.9. The van der Waals surface area contributed by atoms with E-state index in [9.17, 15) is 23.1 Å². The highest BCUT2D eigenvalue weighted by Gasteiger charge is 2.41. The van der Waals surface area contributed by atoms with Gasteiger partial charge in [0.1, 0.15) is 11.9 Å². The summed E-state index contributed by atoms with van der Waals surface area (Å²) in [6.07, 6.45) is 0.749. The smallest absolute Gasteiger partial charge is 0.294 e. The van der Waals surface area contributed by atoms with Gasteiger partial charge < -0.3 is 16.2 Å². The van der Waals surface area contributed by atoms with E-state index in [1.807, 2.05) is 5.32 Å². The lowest BCUT2D eigenvalue weighted by molar-refractivity contribution is -0.127. The molecule has 2 aromatic heterocycles. The number of hydrogen-bond acceptors (Lipinski definition) is 5. The molecule has 0 spiro atoms. The topological polar surface area (TPSA) is 106 Å². The van der Waals surface area contributed by atoms with E-state index in [0.29, 0.717) is 6.07 Å². The standard InChI is InChI=1S/C22H17Cl2F4N5O2/c23-14-3-5-21(26,12-4-6-33-17(8-12)31-20(29)32-33)9-13(14)19(35)30-10-22(27,28)18(34)11-1-2-15(24)16(25)7-11/h1-8,18,34H,9-10H2,(H2,29,32)(H,30,35). The van der Waals surface area contributed by atoms with Crippen LogP contribution in [0.15, 0.2) is 59.3 Å². The second-order valence-electron chi connectivity index (χ2n) is 7.91. The minimum Gasteiger partial charge on any atom is -0.382 e. The minimum atomic E-state index is -3.89. The normalized spacial score (nSPS) is 19.3. The van der Waals surface area contributed by atoms with Crippen LogP contribution in [-0.2, 0) is 10.5 Å². The molecule has 1 aliphatic carbocycles. The highest BCUT2D eigenvalue weighted by molar-refractivity contribution is 6.33. The van der Waals surface area contributed by atoms with E-state index in [1.54, 1.807) is 0 Å². The van der Waals surface area contributed by atoms with Crippen LogP contribution in [0, 0.1) is 5.82 Å². The number of anilines is 1. The molecule has 0 aliphatic heterocycles. The van der Waals surface area contributed by atoms with Gasteiger partial charge in [-0.15, -0.1) is 5.10 Å². The number of amides is 1. The van der Waals surface area contributed by atoms with Gasteiger partial charge in [-0.3, -0.25) is 4.79 Å². The largest absolute Gasteiger partial charge is 0.382 e. The molecular formula is C22H17Cl2F4N5O2. The van der Waals surface area contributed by atoms with Gasteiger partial charge in [0.05, 0.1) is 11.6 Å². The first kappa shape index (κ1) is 25.0. The number of aliphatic hydroxyl groups excluding tert-OH is 1. The van der Waals surface area contributed by atoms with Gasteiger partial charge >= 0.3 is 0 Å². The Bertz CT molecular complexity index is 1380. The van der Waals surface area contributed by atoms with Crippen LogP contribution in [0.1, 0.15) is 23.7 Å². The fourth-order valence-corrected chi connectivity index (χ4v) is 3.91. The zero-order chi connectivity index (χ0) is 25.5. The summed E-state index contributed by atoms with van der Waals surface area (Å²) >= 11 is 11.6. The lowest BCUT2D eigenvalue weighted by atomic mass is 9.85. The van der Waals surface area contributed by atoms with E-state index >= 15 is 4.39 Å². The number of halogens is 6. The molecule has 4 rings (SSSR count). The first-order valence-electron chi connectivity index (χ1n) is 10.1. The molecule has 13 heteroatoms. The number of rotatable bonds is 6. The van der Waals surface area contributed by atoms with Crippen molar-refractivity contribution in [2.45, 2.75) is 24.1 Å². The van der Waals surface area contributed by atoms with Crippen molar-refractivity contribution >= 4 is 40.7 Å². The Morgan fingerprint density at radius 1 is 1.31 bits per heavy atom. The number of aromatic nitrogens is 3. The van der Waals surface area contributed by atoms with E-state index in [2.05, 4.69) is 10.1 Å². The average molecular weight is 530 g/mol. The van der Waals surface area contributed by atoms with Crippen molar-refractivity contribution in [2.24, 2.45) is 0 Å². The summed E-state index contributed by atoms with van der Waals surface area (Å²) in [4.78, 5) is 16.6. The number of nitrogens with zero attached hydrogens (tertiary/aromatic N) is 3. The molecule has 1 amide bonds. The number of allylic oxidation sites excluding steroid dienone is 3. The summed E-state index contributed by atoms with van der Waals surface area (Å²) in [5, 5.41) is 15.5. The molecule has 0 fully saturated rings. The Labute approximate surface area is 205 Å². The van der Waals surface area contributed by atoms with Gasteiger partial charge in [-0.2, -0.15) is 4.98 Å². The van der Waals surface area contributed by atoms with Gasteiger partial charge in [0.25, 0.3) is 5.92 Å². The summed E-state index contributed by atoms with van der Waals surface area (Å²) in [6.45, 7) is -1.32. The number of nitrogen functional groups attached to an aromatic ring is 1. The number of fused-ring (bicyclic) bond motifs is 1. The van der Waals surface area contributed by atoms with Crippen molar-refractivity contribution in [3.05, 3.63) is 81.3 Å². The van der Waals surface area contributed by atoms with Gasteiger partial charge in [-0.05, 0) is 47.5 Å². The second kappa shape index (κ2) is 9.14. The van der Waals surface area contributed by atoms with E-state index in [4.69, 9.17) is 28.9 Å². The van der Waals surface area contributed by atoms with Crippen LogP contribution < -0.4 is 11.1 Å². The summed E-state index contributed by atoms with van der Waals surface area (Å²) in [5.41, 5.74) is 3.02. The number of pyridine rings is 1. The number of benzene rings is 1. The van der Waals surface area contributed by atoms with Crippen molar-refractivity contribution in [3.63, 3.8) is 0 Å². The van der Waals surface area contributed by atoms with Crippen molar-refractivity contribution in [1.29, 1.82) is 0 Å². The second-order valence-corrected chi connectivity index (χ2v) is 8.72. The maximum absolute atomic E-state index is 15.8. The fraction of sp³-hybridized carbons (Fsp3) is 0.227. The highest BCUT2D eigenvalue weighted by Crippen LogP contribution is 2.40. The van der Waals surface area contributed by atoms with Gasteiger partial charge in [0, 0.05) is 23.2 Å². The number of aliphatic hydroxyl groups is 1. The highest BCUT2D eigenvalue weighted by atomic mass is 35.5. The molecule has 7 nitrogen and oxygen atoms in total. The number of carbonyl (C=O) groups is 1. The van der Waals surface area contributed by atoms with Crippen molar-refractivity contribution < 1.29 is 27.5 Å². The summed E-state index contributed by atoms with van der Waals surface area (Å²) in [6, 6.07) is 5.53. The monoisotopic (exact) mass is 529 g/mol. The maximum atomic E-state index is 15.8. The van der Waals surface area contributed by atoms with Gasteiger partial charge in [-0.1, -0.05) is 29.3 Å². The number of nitrogens with two attached hydrogens (primary N) is 1. The molecule has 0 bridgehead atoms. The molecule has 1 aromatic carbocycles. The van der Waals surface area contributed by atoms with Crippen LogP contribution >= 0.6 is 23.2 Å². The van der Waals surface area contributed by atoms with Gasteiger partial charge in [0.2, 0.25) is 11.9 Å². The fourth-order valence-electron chi connectivity index (χ4n) is 3.58. The zero-order valence-corrected chi connectivity index (χ0v) is 19.2. The molecule has 2 atom stereocenters. The molecule has 0 saturated heterocycles. The predicted molar refractivity (Wildman–Crippen MR) is 121 cm³/mol. The number of nitrogens with one attached hydrogen (secondary N) is 1. The maximum Gasteiger partial charge on any atom is 0.294 e. The molecule has 0 saturated carbocycles.